The number of unbranched alkanes of at least 4 members (excludes halogenated alkanes) is 30. The van der Waals surface area contributed by atoms with E-state index in [1.165, 1.54) is 180 Å². The van der Waals surface area contributed by atoms with E-state index in [0.29, 0.717) is 19.3 Å². The highest BCUT2D eigenvalue weighted by Crippen LogP contribution is 2.18. The summed E-state index contributed by atoms with van der Waals surface area (Å²) in [7, 11) is 0. The summed E-state index contributed by atoms with van der Waals surface area (Å²) in [6.45, 7) is 13.7. The fourth-order valence-electron chi connectivity index (χ4n) is 8.26. The van der Waals surface area contributed by atoms with Gasteiger partial charge in [0.2, 0.25) is 0 Å². The molecular formula is C55H106O6. The molecule has 0 radical (unpaired) electrons. The maximum atomic E-state index is 12.8. The van der Waals surface area contributed by atoms with Crippen molar-refractivity contribution in [2.45, 2.75) is 304 Å². The Kier molecular flexibility index (Phi) is 45.2. The Morgan fingerprint density at radius 3 is 0.852 bits per heavy atom. The number of hydrogen-bond donors (Lipinski definition) is 0. The van der Waals surface area contributed by atoms with Crippen molar-refractivity contribution in [2.24, 2.45) is 17.8 Å². The maximum Gasteiger partial charge on any atom is 0.306 e. The lowest BCUT2D eigenvalue weighted by Gasteiger charge is -2.18. The zero-order chi connectivity index (χ0) is 44.9. The number of ether oxygens (including phenoxy) is 3. The molecule has 0 aromatic carbocycles. The Morgan fingerprint density at radius 1 is 0.328 bits per heavy atom. The second kappa shape index (κ2) is 46.4. The maximum absolute atomic E-state index is 12.8. The molecule has 0 amide bonds. The van der Waals surface area contributed by atoms with E-state index in [1.54, 1.807) is 0 Å². The Morgan fingerprint density at radius 2 is 0.574 bits per heavy atom. The molecule has 61 heavy (non-hydrogen) atoms. The lowest BCUT2D eigenvalue weighted by atomic mass is 9.99. The van der Waals surface area contributed by atoms with Crippen LogP contribution in [0.2, 0.25) is 0 Å². The Bertz CT molecular complexity index is 947. The third-order valence-corrected chi connectivity index (χ3v) is 12.8. The average molecular weight is 863 g/mol. The monoisotopic (exact) mass is 863 g/mol. The molecule has 0 aromatic rings. The summed E-state index contributed by atoms with van der Waals surface area (Å²) in [5.74, 6) is 1.64. The van der Waals surface area contributed by atoms with Gasteiger partial charge in [-0.3, -0.25) is 14.4 Å². The van der Waals surface area contributed by atoms with Crippen molar-refractivity contribution < 1.29 is 28.6 Å². The molecule has 0 aliphatic carbocycles. The van der Waals surface area contributed by atoms with Crippen LogP contribution in [-0.4, -0.2) is 37.2 Å². The van der Waals surface area contributed by atoms with Crippen molar-refractivity contribution in [3.05, 3.63) is 0 Å². The van der Waals surface area contributed by atoms with Crippen LogP contribution in [0.15, 0.2) is 0 Å². The van der Waals surface area contributed by atoms with Gasteiger partial charge >= 0.3 is 17.9 Å². The average Bonchev–Trinajstić information content (AvgIpc) is 3.23. The van der Waals surface area contributed by atoms with E-state index in [2.05, 4.69) is 41.5 Å². The molecule has 0 aliphatic rings. The van der Waals surface area contributed by atoms with Crippen LogP contribution < -0.4 is 0 Å². The van der Waals surface area contributed by atoms with Gasteiger partial charge in [-0.1, -0.05) is 260 Å². The molecule has 1 unspecified atom stereocenters. The van der Waals surface area contributed by atoms with Crippen LogP contribution in [0.5, 0.6) is 0 Å². The van der Waals surface area contributed by atoms with E-state index in [-0.39, 0.29) is 31.1 Å². The predicted octanol–water partition coefficient (Wildman–Crippen LogP) is 17.6. The lowest BCUT2D eigenvalue weighted by molar-refractivity contribution is -0.167. The molecule has 0 saturated heterocycles. The van der Waals surface area contributed by atoms with Crippen molar-refractivity contribution in [1.29, 1.82) is 0 Å². The number of carbonyl (C=O) groups excluding carboxylic acids is 3. The zero-order valence-corrected chi connectivity index (χ0v) is 42.0. The van der Waals surface area contributed by atoms with Gasteiger partial charge in [-0.05, 0) is 37.0 Å². The first-order valence-corrected chi connectivity index (χ1v) is 27.1. The zero-order valence-electron chi connectivity index (χ0n) is 42.0. The molecule has 2 atom stereocenters. The van der Waals surface area contributed by atoms with Crippen LogP contribution in [0, 0.1) is 17.8 Å². The minimum atomic E-state index is -0.763. The van der Waals surface area contributed by atoms with Crippen molar-refractivity contribution in [3.63, 3.8) is 0 Å². The number of carbonyl (C=O) groups is 3. The molecule has 6 nitrogen and oxygen atoms in total. The molecule has 0 saturated carbocycles. The van der Waals surface area contributed by atoms with Gasteiger partial charge in [0.05, 0.1) is 0 Å². The standard InChI is InChI=1S/C55H106O6/c1-7-51(6)43-37-31-24-20-16-12-8-9-13-18-22-26-34-40-46-55(58)61-52(48-60-54(57)45-39-33-28-27-30-36-42-50(4)5)47-59-53(56)44-38-32-25-21-17-14-10-11-15-19-23-29-35-41-49(2)3/h49-52H,7-48H2,1-6H3/t51?,52-/m0/s1. The summed E-state index contributed by atoms with van der Waals surface area (Å²) in [6, 6.07) is 0. The van der Waals surface area contributed by atoms with E-state index in [0.717, 1.165) is 75.5 Å². The Hall–Kier alpha value is -1.59. The summed E-state index contributed by atoms with van der Waals surface area (Å²) >= 11 is 0. The van der Waals surface area contributed by atoms with Crippen molar-refractivity contribution >= 4 is 17.9 Å². The molecule has 0 bridgehead atoms. The molecule has 6 heteroatoms. The van der Waals surface area contributed by atoms with Gasteiger partial charge in [0.25, 0.3) is 0 Å². The van der Waals surface area contributed by atoms with Crippen molar-refractivity contribution in [2.75, 3.05) is 13.2 Å². The number of rotatable bonds is 48. The first-order chi connectivity index (χ1) is 29.6. The van der Waals surface area contributed by atoms with Crippen molar-refractivity contribution in [3.8, 4) is 0 Å². The van der Waals surface area contributed by atoms with Crippen LogP contribution in [0.25, 0.3) is 0 Å². The molecule has 0 aliphatic heterocycles. The highest BCUT2D eigenvalue weighted by Gasteiger charge is 2.19. The Labute approximate surface area is 380 Å². The van der Waals surface area contributed by atoms with E-state index < -0.39 is 6.10 Å². The van der Waals surface area contributed by atoms with E-state index >= 15 is 0 Å². The summed E-state index contributed by atoms with van der Waals surface area (Å²) in [5.41, 5.74) is 0. The van der Waals surface area contributed by atoms with E-state index in [9.17, 15) is 14.4 Å². The SMILES string of the molecule is CCC(C)CCCCCCCCCCCCCCCCC(=O)O[C@@H](COC(=O)CCCCCCCCCCCCCCCC(C)C)COC(=O)CCCCCCCCC(C)C. The van der Waals surface area contributed by atoms with E-state index in [1.807, 2.05) is 0 Å². The molecule has 0 spiro atoms. The summed E-state index contributed by atoms with van der Waals surface area (Å²) in [5, 5.41) is 0. The smallest absolute Gasteiger partial charge is 0.306 e. The minimum Gasteiger partial charge on any atom is -0.462 e. The fraction of sp³-hybridized carbons (Fsp3) is 0.945. The van der Waals surface area contributed by atoms with Crippen LogP contribution in [-0.2, 0) is 28.6 Å². The van der Waals surface area contributed by atoms with Gasteiger partial charge in [-0.25, -0.2) is 0 Å². The molecule has 362 valence electrons. The largest absolute Gasteiger partial charge is 0.462 e. The second-order valence-corrected chi connectivity index (χ2v) is 20.1. The molecule has 0 fully saturated rings. The highest BCUT2D eigenvalue weighted by atomic mass is 16.6. The molecule has 0 N–H and O–H groups in total. The Balaban J connectivity index is 4.25. The van der Waals surface area contributed by atoms with E-state index in [4.69, 9.17) is 14.2 Å². The fourth-order valence-corrected chi connectivity index (χ4v) is 8.26. The second-order valence-electron chi connectivity index (χ2n) is 20.1. The minimum absolute atomic E-state index is 0.0649. The van der Waals surface area contributed by atoms with Crippen LogP contribution in [0.4, 0.5) is 0 Å². The number of hydrogen-bond acceptors (Lipinski definition) is 6. The van der Waals surface area contributed by atoms with Crippen molar-refractivity contribution in [1.82, 2.24) is 0 Å². The molecule has 0 heterocycles. The van der Waals surface area contributed by atoms with Gasteiger partial charge in [0.15, 0.2) is 6.10 Å². The summed E-state index contributed by atoms with van der Waals surface area (Å²) in [4.78, 5) is 38.0. The molecule has 0 aromatic heterocycles. The first-order valence-electron chi connectivity index (χ1n) is 27.1. The third-order valence-electron chi connectivity index (χ3n) is 12.8. The quantitative estimate of drug-likeness (QED) is 0.0344. The van der Waals surface area contributed by atoms with Crippen LogP contribution in [0.3, 0.4) is 0 Å². The summed E-state index contributed by atoms with van der Waals surface area (Å²) in [6.07, 6.45) is 46.7. The van der Waals surface area contributed by atoms with Gasteiger partial charge in [-0.2, -0.15) is 0 Å². The van der Waals surface area contributed by atoms with Crippen LogP contribution >= 0.6 is 0 Å². The summed E-state index contributed by atoms with van der Waals surface area (Å²) < 4.78 is 16.8. The lowest BCUT2D eigenvalue weighted by Crippen LogP contribution is -2.30. The third kappa shape index (κ3) is 47.7. The van der Waals surface area contributed by atoms with Gasteiger partial charge in [0, 0.05) is 19.3 Å². The molecule has 0 rings (SSSR count). The van der Waals surface area contributed by atoms with Gasteiger partial charge in [-0.15, -0.1) is 0 Å². The number of esters is 3. The van der Waals surface area contributed by atoms with Gasteiger partial charge < -0.3 is 14.2 Å². The highest BCUT2D eigenvalue weighted by molar-refractivity contribution is 5.71. The van der Waals surface area contributed by atoms with Gasteiger partial charge in [0.1, 0.15) is 13.2 Å². The first kappa shape index (κ1) is 59.4. The topological polar surface area (TPSA) is 78.9 Å². The predicted molar refractivity (Wildman–Crippen MR) is 261 cm³/mol. The van der Waals surface area contributed by atoms with Crippen LogP contribution in [0.1, 0.15) is 298 Å². The molecular weight excluding hydrogens is 757 g/mol. The normalized spacial score (nSPS) is 12.6.